The number of amides is 1. The fourth-order valence-electron chi connectivity index (χ4n) is 3.03. The SMILES string of the molecule is Cc1ccc([C@H](C)NC(=O)COc2ccccc2C(C)(C)C)c(C)c1. The topological polar surface area (TPSA) is 38.3 Å². The van der Waals surface area contributed by atoms with Gasteiger partial charge in [0, 0.05) is 0 Å². The van der Waals surface area contributed by atoms with E-state index in [0.717, 1.165) is 16.9 Å². The Hall–Kier alpha value is -2.29. The first kappa shape index (κ1) is 19.0. The van der Waals surface area contributed by atoms with Gasteiger partial charge in [0.15, 0.2) is 6.61 Å². The molecular weight excluding hydrogens is 310 g/mol. The van der Waals surface area contributed by atoms with Gasteiger partial charge in [-0.2, -0.15) is 0 Å². The fourth-order valence-corrected chi connectivity index (χ4v) is 3.03. The van der Waals surface area contributed by atoms with E-state index in [4.69, 9.17) is 4.74 Å². The summed E-state index contributed by atoms with van der Waals surface area (Å²) < 4.78 is 5.80. The number of carbonyl (C=O) groups is 1. The van der Waals surface area contributed by atoms with Gasteiger partial charge in [-0.3, -0.25) is 4.79 Å². The molecule has 2 aromatic rings. The second-order valence-electron chi connectivity index (χ2n) is 7.68. The average molecular weight is 339 g/mol. The molecule has 0 radical (unpaired) electrons. The van der Waals surface area contributed by atoms with E-state index >= 15 is 0 Å². The highest BCUT2D eigenvalue weighted by atomic mass is 16.5. The lowest BCUT2D eigenvalue weighted by Crippen LogP contribution is -2.32. The quantitative estimate of drug-likeness (QED) is 0.845. The van der Waals surface area contributed by atoms with Crippen LogP contribution in [0.1, 0.15) is 56.0 Å². The smallest absolute Gasteiger partial charge is 0.258 e. The lowest BCUT2D eigenvalue weighted by molar-refractivity contribution is -0.123. The molecule has 0 aliphatic rings. The van der Waals surface area contributed by atoms with Crippen molar-refractivity contribution in [3.63, 3.8) is 0 Å². The Balaban J connectivity index is 2.00. The van der Waals surface area contributed by atoms with Gasteiger partial charge in [0.25, 0.3) is 5.91 Å². The number of rotatable bonds is 5. The third-order valence-electron chi connectivity index (χ3n) is 4.32. The molecule has 0 aliphatic carbocycles. The maximum Gasteiger partial charge on any atom is 0.258 e. The van der Waals surface area contributed by atoms with Gasteiger partial charge in [-0.15, -0.1) is 0 Å². The van der Waals surface area contributed by atoms with Crippen LogP contribution in [-0.4, -0.2) is 12.5 Å². The highest BCUT2D eigenvalue weighted by Gasteiger charge is 2.19. The third-order valence-corrected chi connectivity index (χ3v) is 4.32. The molecule has 1 atom stereocenters. The van der Waals surface area contributed by atoms with Crippen LogP contribution in [0.5, 0.6) is 5.75 Å². The molecule has 2 aromatic carbocycles. The average Bonchev–Trinajstić information content (AvgIpc) is 2.52. The van der Waals surface area contributed by atoms with E-state index in [0.29, 0.717) is 0 Å². The fraction of sp³-hybridized carbons (Fsp3) is 0.409. The van der Waals surface area contributed by atoms with Crippen molar-refractivity contribution < 1.29 is 9.53 Å². The summed E-state index contributed by atoms with van der Waals surface area (Å²) in [6.45, 7) is 12.6. The number of ether oxygens (including phenoxy) is 1. The van der Waals surface area contributed by atoms with Crippen molar-refractivity contribution in [2.24, 2.45) is 0 Å². The second-order valence-corrected chi connectivity index (χ2v) is 7.68. The number of para-hydroxylation sites is 1. The molecule has 25 heavy (non-hydrogen) atoms. The van der Waals surface area contributed by atoms with Gasteiger partial charge in [-0.05, 0) is 48.9 Å². The molecule has 2 rings (SSSR count). The van der Waals surface area contributed by atoms with Crippen LogP contribution in [0.2, 0.25) is 0 Å². The van der Waals surface area contributed by atoms with Crippen molar-refractivity contribution in [1.29, 1.82) is 0 Å². The van der Waals surface area contributed by atoms with Crippen LogP contribution in [0, 0.1) is 13.8 Å². The van der Waals surface area contributed by atoms with Gasteiger partial charge >= 0.3 is 0 Å². The molecule has 1 amide bonds. The highest BCUT2D eigenvalue weighted by molar-refractivity contribution is 5.78. The molecule has 3 nitrogen and oxygen atoms in total. The van der Waals surface area contributed by atoms with Crippen LogP contribution in [0.25, 0.3) is 0 Å². The van der Waals surface area contributed by atoms with E-state index in [-0.39, 0.29) is 24.0 Å². The first-order valence-corrected chi connectivity index (χ1v) is 8.77. The van der Waals surface area contributed by atoms with Crippen molar-refractivity contribution in [3.8, 4) is 5.75 Å². The van der Waals surface area contributed by atoms with Crippen molar-refractivity contribution in [3.05, 3.63) is 64.7 Å². The summed E-state index contributed by atoms with van der Waals surface area (Å²) in [6.07, 6.45) is 0. The zero-order valence-corrected chi connectivity index (χ0v) is 16.1. The summed E-state index contributed by atoms with van der Waals surface area (Å²) in [7, 11) is 0. The Kier molecular flexibility index (Phi) is 5.89. The molecule has 134 valence electrons. The van der Waals surface area contributed by atoms with Gasteiger partial charge in [0.2, 0.25) is 0 Å². The zero-order valence-electron chi connectivity index (χ0n) is 16.1. The van der Waals surface area contributed by atoms with Crippen LogP contribution in [-0.2, 0) is 10.2 Å². The molecule has 1 N–H and O–H groups in total. The maximum absolute atomic E-state index is 12.3. The molecule has 0 spiro atoms. The molecule has 0 saturated carbocycles. The van der Waals surface area contributed by atoms with Crippen LogP contribution < -0.4 is 10.1 Å². The largest absolute Gasteiger partial charge is 0.483 e. The van der Waals surface area contributed by atoms with E-state index in [1.807, 2.05) is 31.2 Å². The second kappa shape index (κ2) is 7.73. The van der Waals surface area contributed by atoms with Gasteiger partial charge in [0.05, 0.1) is 6.04 Å². The molecule has 0 unspecified atom stereocenters. The minimum absolute atomic E-state index is 0.0162. The minimum atomic E-state index is -0.115. The maximum atomic E-state index is 12.3. The summed E-state index contributed by atoms with van der Waals surface area (Å²) in [4.78, 5) is 12.3. The van der Waals surface area contributed by atoms with Crippen molar-refractivity contribution in [1.82, 2.24) is 5.32 Å². The normalized spacial score (nSPS) is 12.6. The summed E-state index contributed by atoms with van der Waals surface area (Å²) in [5.41, 5.74) is 4.62. The third kappa shape index (κ3) is 5.09. The number of nitrogens with one attached hydrogen (secondary N) is 1. The van der Waals surface area contributed by atoms with Crippen LogP contribution >= 0.6 is 0 Å². The Labute approximate surface area is 151 Å². The Morgan fingerprint density at radius 3 is 2.44 bits per heavy atom. The molecule has 0 aliphatic heterocycles. The van der Waals surface area contributed by atoms with E-state index in [1.54, 1.807) is 0 Å². The summed E-state index contributed by atoms with van der Waals surface area (Å²) in [5, 5.41) is 3.02. The number of aryl methyl sites for hydroxylation is 2. The van der Waals surface area contributed by atoms with E-state index in [1.165, 1.54) is 11.1 Å². The van der Waals surface area contributed by atoms with Crippen molar-refractivity contribution in [2.75, 3.05) is 6.61 Å². The molecule has 0 heterocycles. The number of hydrogen-bond acceptors (Lipinski definition) is 2. The Morgan fingerprint density at radius 2 is 1.80 bits per heavy atom. The van der Waals surface area contributed by atoms with Gasteiger partial charge < -0.3 is 10.1 Å². The van der Waals surface area contributed by atoms with Crippen molar-refractivity contribution >= 4 is 5.91 Å². The first-order valence-electron chi connectivity index (χ1n) is 8.77. The Morgan fingerprint density at radius 1 is 1.12 bits per heavy atom. The molecular formula is C22H29NO2. The number of benzene rings is 2. The lowest BCUT2D eigenvalue weighted by atomic mass is 9.86. The summed E-state index contributed by atoms with van der Waals surface area (Å²) in [6, 6.07) is 14.1. The monoisotopic (exact) mass is 339 g/mol. The molecule has 0 saturated heterocycles. The van der Waals surface area contributed by atoms with Crippen LogP contribution in [0.4, 0.5) is 0 Å². The van der Waals surface area contributed by atoms with Gasteiger partial charge in [0.1, 0.15) is 5.75 Å². The lowest BCUT2D eigenvalue weighted by Gasteiger charge is -2.23. The Bertz CT molecular complexity index is 744. The predicted molar refractivity (Wildman–Crippen MR) is 103 cm³/mol. The highest BCUT2D eigenvalue weighted by Crippen LogP contribution is 2.30. The molecule has 0 aromatic heterocycles. The van der Waals surface area contributed by atoms with Crippen molar-refractivity contribution in [2.45, 2.75) is 53.0 Å². The summed E-state index contributed by atoms with van der Waals surface area (Å²) in [5.74, 6) is 0.653. The minimum Gasteiger partial charge on any atom is -0.483 e. The van der Waals surface area contributed by atoms with Gasteiger partial charge in [-0.1, -0.05) is 62.7 Å². The standard InChI is InChI=1S/C22H29NO2/c1-15-11-12-18(16(2)13-15)17(3)23-21(24)14-25-20-10-8-7-9-19(20)22(4,5)6/h7-13,17H,14H2,1-6H3,(H,23,24)/t17-/m0/s1. The number of carbonyl (C=O) groups excluding carboxylic acids is 1. The zero-order chi connectivity index (χ0) is 18.6. The van der Waals surface area contributed by atoms with Crippen LogP contribution in [0.15, 0.2) is 42.5 Å². The summed E-state index contributed by atoms with van der Waals surface area (Å²) >= 11 is 0. The van der Waals surface area contributed by atoms with Crippen LogP contribution in [0.3, 0.4) is 0 Å². The molecule has 3 heteroatoms. The predicted octanol–water partition coefficient (Wildman–Crippen LogP) is 4.86. The molecule has 0 bridgehead atoms. The first-order chi connectivity index (χ1) is 11.7. The number of hydrogen-bond donors (Lipinski definition) is 1. The van der Waals surface area contributed by atoms with E-state index < -0.39 is 0 Å². The van der Waals surface area contributed by atoms with E-state index in [9.17, 15) is 4.79 Å². The van der Waals surface area contributed by atoms with Gasteiger partial charge in [-0.25, -0.2) is 0 Å². The van der Waals surface area contributed by atoms with E-state index in [2.05, 4.69) is 58.1 Å². The molecule has 0 fully saturated rings.